The molecule has 52 valence electrons. The van der Waals surface area contributed by atoms with E-state index in [0.717, 1.165) is 11.3 Å². The van der Waals surface area contributed by atoms with E-state index in [4.69, 9.17) is 0 Å². The van der Waals surface area contributed by atoms with E-state index < -0.39 is 0 Å². The van der Waals surface area contributed by atoms with E-state index in [2.05, 4.69) is 9.97 Å². The van der Waals surface area contributed by atoms with Crippen LogP contribution in [0.25, 0.3) is 11.3 Å². The van der Waals surface area contributed by atoms with E-state index in [1.165, 1.54) is 0 Å². The molecule has 0 radical (unpaired) electrons. The third kappa shape index (κ3) is 0.977. The summed E-state index contributed by atoms with van der Waals surface area (Å²) in [6, 6.07) is 3.99. The van der Waals surface area contributed by atoms with E-state index >= 15 is 0 Å². The van der Waals surface area contributed by atoms with Crippen molar-refractivity contribution in [3.05, 3.63) is 30.7 Å². The van der Waals surface area contributed by atoms with Crippen molar-refractivity contribution in [2.45, 2.75) is 0 Å². The summed E-state index contributed by atoms with van der Waals surface area (Å²) >= 11 is 0. The molecule has 0 atom stereocenters. The molecule has 10 heavy (non-hydrogen) atoms. The Balaban J connectivity index is 0.000000500. The van der Waals surface area contributed by atoms with Crippen molar-refractivity contribution >= 4 is 12.4 Å². The predicted molar refractivity (Wildman–Crippen MR) is 42.5 cm³/mol. The Kier molecular flexibility index (Phi) is 1.92. The molecule has 3 heteroatoms. The van der Waals surface area contributed by atoms with Gasteiger partial charge in [-0.15, -0.1) is 12.4 Å². The molecule has 0 aromatic rings. The minimum atomic E-state index is 0. The predicted octanol–water partition coefficient (Wildman–Crippen LogP) is 1.94. The van der Waals surface area contributed by atoms with Gasteiger partial charge in [-0.2, -0.15) is 0 Å². The molecule has 0 aromatic heterocycles. The van der Waals surface area contributed by atoms with E-state index in [0.29, 0.717) is 0 Å². The van der Waals surface area contributed by atoms with Gasteiger partial charge in [-0.25, -0.2) is 0 Å². The highest BCUT2D eigenvalue weighted by molar-refractivity contribution is 5.85. The summed E-state index contributed by atoms with van der Waals surface area (Å²) in [6.45, 7) is 0. The monoisotopic (exact) mass is 154 g/mol. The van der Waals surface area contributed by atoms with Crippen LogP contribution in [0.15, 0.2) is 30.7 Å². The lowest BCUT2D eigenvalue weighted by Crippen LogP contribution is -1.74. The smallest absolute Gasteiger partial charge is 0.0654 e. The number of pyridine rings is 1. The first-order chi connectivity index (χ1) is 4.47. The van der Waals surface area contributed by atoms with Gasteiger partial charge in [0.25, 0.3) is 0 Å². The number of hydrogen-bond donors (Lipinski definition) is 1. The molecule has 0 bridgehead atoms. The zero-order valence-corrected chi connectivity index (χ0v) is 6.06. The van der Waals surface area contributed by atoms with Crippen LogP contribution in [0.5, 0.6) is 0 Å². The second-order valence-electron chi connectivity index (χ2n) is 1.95. The maximum atomic E-state index is 3.97. The van der Waals surface area contributed by atoms with E-state index in [1.54, 1.807) is 0 Å². The molecule has 0 aliphatic carbocycles. The van der Waals surface area contributed by atoms with Crippen molar-refractivity contribution in [3.63, 3.8) is 0 Å². The van der Waals surface area contributed by atoms with E-state index in [9.17, 15) is 0 Å². The second-order valence-corrected chi connectivity index (χ2v) is 1.95. The minimum absolute atomic E-state index is 0. The van der Waals surface area contributed by atoms with Crippen molar-refractivity contribution in [3.8, 4) is 11.3 Å². The Labute approximate surface area is 65.0 Å². The Morgan fingerprint density at radius 1 is 1.30 bits per heavy atom. The largest absolute Gasteiger partial charge is 0.360 e. The van der Waals surface area contributed by atoms with Gasteiger partial charge >= 0.3 is 0 Å². The fourth-order valence-corrected chi connectivity index (χ4v) is 0.879. The molecular weight excluding hydrogens is 148 g/mol. The summed E-state index contributed by atoms with van der Waals surface area (Å²) in [5.41, 5.74) is 2.26. The Morgan fingerprint density at radius 2 is 2.20 bits per heavy atom. The zero-order chi connectivity index (χ0) is 6.10. The number of halogens is 1. The summed E-state index contributed by atoms with van der Waals surface area (Å²) < 4.78 is 0. The van der Waals surface area contributed by atoms with Gasteiger partial charge in [0.15, 0.2) is 0 Å². The maximum absolute atomic E-state index is 3.97. The SMILES string of the molecule is Cl.c1c[nH]c2cncc-2c1. The van der Waals surface area contributed by atoms with Gasteiger partial charge in [0.1, 0.15) is 0 Å². The van der Waals surface area contributed by atoms with Crippen molar-refractivity contribution in [1.29, 1.82) is 0 Å². The molecule has 0 aromatic carbocycles. The van der Waals surface area contributed by atoms with Gasteiger partial charge in [0.05, 0.1) is 11.9 Å². The first-order valence-corrected chi connectivity index (χ1v) is 2.84. The molecule has 0 unspecified atom stereocenters. The van der Waals surface area contributed by atoms with Crippen molar-refractivity contribution < 1.29 is 0 Å². The topological polar surface area (TPSA) is 28.7 Å². The molecule has 2 aliphatic heterocycles. The lowest BCUT2D eigenvalue weighted by molar-refractivity contribution is 1.33. The summed E-state index contributed by atoms with van der Waals surface area (Å²) in [4.78, 5) is 7.04. The number of nitrogens with zero attached hydrogens (tertiary/aromatic N) is 1. The van der Waals surface area contributed by atoms with Gasteiger partial charge in [-0.05, 0) is 12.1 Å². The zero-order valence-electron chi connectivity index (χ0n) is 5.24. The van der Waals surface area contributed by atoms with Crippen LogP contribution >= 0.6 is 12.4 Å². The van der Waals surface area contributed by atoms with Crippen LogP contribution in [-0.2, 0) is 0 Å². The van der Waals surface area contributed by atoms with Crippen molar-refractivity contribution in [2.24, 2.45) is 0 Å². The highest BCUT2D eigenvalue weighted by Gasteiger charge is 1.97. The highest BCUT2D eigenvalue weighted by Crippen LogP contribution is 2.15. The van der Waals surface area contributed by atoms with Gasteiger partial charge < -0.3 is 4.98 Å². The average molecular weight is 155 g/mol. The number of aromatic amines is 1. The second kappa shape index (κ2) is 2.71. The van der Waals surface area contributed by atoms with Crippen LogP contribution in [0.4, 0.5) is 0 Å². The van der Waals surface area contributed by atoms with E-state index in [-0.39, 0.29) is 12.4 Å². The number of nitrogens with one attached hydrogen (secondary N) is 1. The lowest BCUT2D eigenvalue weighted by Gasteiger charge is -1.92. The van der Waals surface area contributed by atoms with Gasteiger partial charge in [0, 0.05) is 18.0 Å². The Hall–Kier alpha value is -1.02. The molecule has 2 heterocycles. The number of aromatic nitrogens is 2. The molecule has 0 amide bonds. The van der Waals surface area contributed by atoms with Crippen LogP contribution in [-0.4, -0.2) is 9.97 Å². The quantitative estimate of drug-likeness (QED) is 0.617. The maximum Gasteiger partial charge on any atom is 0.0654 e. The first kappa shape index (κ1) is 7.09. The highest BCUT2D eigenvalue weighted by atomic mass is 35.5. The number of rotatable bonds is 0. The normalized spacial score (nSPS) is 9.20. The molecule has 0 saturated heterocycles. The lowest BCUT2D eigenvalue weighted by atomic mass is 10.2. The average Bonchev–Trinajstić information content (AvgIpc) is 2.33. The number of hydrogen-bond acceptors (Lipinski definition) is 1. The Bertz CT molecular complexity index is 252. The molecule has 0 spiro atoms. The van der Waals surface area contributed by atoms with Gasteiger partial charge in [0.2, 0.25) is 0 Å². The molecule has 1 N–H and O–H groups in total. The third-order valence-corrected chi connectivity index (χ3v) is 1.34. The van der Waals surface area contributed by atoms with Gasteiger partial charge in [-0.1, -0.05) is 0 Å². The Morgan fingerprint density at radius 3 is 3.00 bits per heavy atom. The summed E-state index contributed by atoms with van der Waals surface area (Å²) in [5.74, 6) is 0. The first-order valence-electron chi connectivity index (χ1n) is 2.84. The standard InChI is InChI=1S/C7H6N2.ClH/c1-2-6-4-8-5-7(6)9-3-1;/h1-5,9H;1H. The van der Waals surface area contributed by atoms with Crippen molar-refractivity contribution in [1.82, 2.24) is 9.97 Å². The molecule has 2 nitrogen and oxygen atoms in total. The van der Waals surface area contributed by atoms with Crippen molar-refractivity contribution in [2.75, 3.05) is 0 Å². The molecule has 2 rings (SSSR count). The molecule has 0 saturated carbocycles. The summed E-state index contributed by atoms with van der Waals surface area (Å²) in [5, 5.41) is 0. The van der Waals surface area contributed by atoms with E-state index in [1.807, 2.05) is 30.7 Å². The van der Waals surface area contributed by atoms with Crippen LogP contribution in [0.3, 0.4) is 0 Å². The van der Waals surface area contributed by atoms with Crippen LogP contribution < -0.4 is 0 Å². The fourth-order valence-electron chi connectivity index (χ4n) is 0.879. The van der Waals surface area contributed by atoms with Crippen LogP contribution in [0.2, 0.25) is 0 Å². The molecule has 0 fully saturated rings. The molecular formula is C7H7ClN2. The third-order valence-electron chi connectivity index (χ3n) is 1.34. The summed E-state index contributed by atoms with van der Waals surface area (Å²) in [6.07, 6.45) is 5.55. The fraction of sp³-hybridized carbons (Fsp3) is 0. The number of fused-ring (bicyclic) bond motifs is 1. The van der Waals surface area contributed by atoms with Crippen LogP contribution in [0.1, 0.15) is 0 Å². The number of H-pyrrole nitrogens is 1. The molecule has 2 aliphatic rings. The minimum Gasteiger partial charge on any atom is -0.360 e. The summed E-state index contributed by atoms with van der Waals surface area (Å²) in [7, 11) is 0. The van der Waals surface area contributed by atoms with Gasteiger partial charge in [-0.3, -0.25) is 4.98 Å². The van der Waals surface area contributed by atoms with Crippen LogP contribution in [0, 0.1) is 0 Å².